The molecule has 1 aromatic heterocycles. The molecule has 26 heavy (non-hydrogen) atoms. The SMILES string of the molecule is Cc1cccc(C)c1OCCNC(=O)Cc1cc2ccccc2[nH]c1=O. The van der Waals surface area contributed by atoms with Crippen molar-refractivity contribution in [1.82, 2.24) is 10.3 Å². The third-order valence-corrected chi connectivity index (χ3v) is 4.26. The standard InChI is InChI=1S/C21H22N2O3/c1-14-6-5-7-15(2)20(14)26-11-10-22-19(24)13-17-12-16-8-3-4-9-18(16)23-21(17)25/h3-9,12H,10-11,13H2,1-2H3,(H,22,24)(H,23,25). The van der Waals surface area contributed by atoms with Crippen LogP contribution < -0.4 is 15.6 Å². The van der Waals surface area contributed by atoms with E-state index in [1.54, 1.807) is 6.07 Å². The molecule has 2 aromatic carbocycles. The molecule has 5 nitrogen and oxygen atoms in total. The monoisotopic (exact) mass is 350 g/mol. The first-order chi connectivity index (χ1) is 12.5. The van der Waals surface area contributed by atoms with Crippen LogP contribution in [0.25, 0.3) is 10.9 Å². The van der Waals surface area contributed by atoms with Crippen LogP contribution >= 0.6 is 0 Å². The number of carbonyl (C=O) groups excluding carboxylic acids is 1. The lowest BCUT2D eigenvalue weighted by Gasteiger charge is -2.12. The third kappa shape index (κ3) is 4.11. The summed E-state index contributed by atoms with van der Waals surface area (Å²) in [6, 6.07) is 15.2. The molecule has 1 amide bonds. The molecule has 0 aliphatic heterocycles. The fraction of sp³-hybridized carbons (Fsp3) is 0.238. The number of benzene rings is 2. The highest BCUT2D eigenvalue weighted by Gasteiger charge is 2.09. The lowest BCUT2D eigenvalue weighted by atomic mass is 10.1. The number of ether oxygens (including phenoxy) is 1. The number of aromatic amines is 1. The summed E-state index contributed by atoms with van der Waals surface area (Å²) < 4.78 is 5.77. The number of para-hydroxylation sites is 2. The van der Waals surface area contributed by atoms with Crippen molar-refractivity contribution in [2.45, 2.75) is 20.3 Å². The van der Waals surface area contributed by atoms with Crippen molar-refractivity contribution in [3.63, 3.8) is 0 Å². The van der Waals surface area contributed by atoms with Crippen LogP contribution in [0.5, 0.6) is 5.75 Å². The van der Waals surface area contributed by atoms with Crippen LogP contribution in [-0.2, 0) is 11.2 Å². The Morgan fingerprint density at radius 2 is 1.81 bits per heavy atom. The lowest BCUT2D eigenvalue weighted by molar-refractivity contribution is -0.120. The number of hydrogen-bond donors (Lipinski definition) is 2. The van der Waals surface area contributed by atoms with Gasteiger partial charge in [-0.15, -0.1) is 0 Å². The predicted octanol–water partition coefficient (Wildman–Crippen LogP) is 2.88. The highest BCUT2D eigenvalue weighted by atomic mass is 16.5. The number of rotatable bonds is 6. The topological polar surface area (TPSA) is 71.2 Å². The molecule has 0 unspecified atom stereocenters. The molecule has 0 radical (unpaired) electrons. The minimum atomic E-state index is -0.231. The molecule has 0 saturated heterocycles. The Bertz CT molecular complexity index is 972. The Morgan fingerprint density at radius 3 is 2.58 bits per heavy atom. The molecule has 3 rings (SSSR count). The molecule has 0 saturated carbocycles. The highest BCUT2D eigenvalue weighted by molar-refractivity contribution is 5.82. The lowest BCUT2D eigenvalue weighted by Crippen LogP contribution is -2.31. The number of amides is 1. The maximum absolute atomic E-state index is 12.1. The molecule has 0 aliphatic rings. The Morgan fingerprint density at radius 1 is 1.08 bits per heavy atom. The summed E-state index contributed by atoms with van der Waals surface area (Å²) in [5.74, 6) is 0.656. The van der Waals surface area contributed by atoms with E-state index in [2.05, 4.69) is 10.3 Å². The highest BCUT2D eigenvalue weighted by Crippen LogP contribution is 2.21. The fourth-order valence-corrected chi connectivity index (χ4v) is 2.93. The van der Waals surface area contributed by atoms with Crippen molar-refractivity contribution in [1.29, 1.82) is 0 Å². The van der Waals surface area contributed by atoms with Crippen molar-refractivity contribution in [2.75, 3.05) is 13.2 Å². The van der Waals surface area contributed by atoms with E-state index in [-0.39, 0.29) is 17.9 Å². The first-order valence-electron chi connectivity index (χ1n) is 8.61. The minimum absolute atomic E-state index is 0.0452. The molecule has 0 bridgehead atoms. The van der Waals surface area contributed by atoms with Crippen molar-refractivity contribution in [2.24, 2.45) is 0 Å². The second kappa shape index (κ2) is 7.87. The number of nitrogens with one attached hydrogen (secondary N) is 2. The Hall–Kier alpha value is -3.08. The second-order valence-electron chi connectivity index (χ2n) is 6.31. The zero-order chi connectivity index (χ0) is 18.5. The average Bonchev–Trinajstić information content (AvgIpc) is 2.61. The van der Waals surface area contributed by atoms with Crippen LogP contribution in [0.3, 0.4) is 0 Å². The van der Waals surface area contributed by atoms with Crippen molar-refractivity contribution < 1.29 is 9.53 Å². The van der Waals surface area contributed by atoms with Gasteiger partial charge in [0.25, 0.3) is 5.56 Å². The molecule has 134 valence electrons. The van der Waals surface area contributed by atoms with Gasteiger partial charge in [0.15, 0.2) is 0 Å². The van der Waals surface area contributed by atoms with Crippen LogP contribution in [0.2, 0.25) is 0 Å². The molecule has 0 spiro atoms. The fourth-order valence-electron chi connectivity index (χ4n) is 2.93. The first-order valence-corrected chi connectivity index (χ1v) is 8.61. The summed E-state index contributed by atoms with van der Waals surface area (Å²) in [6.45, 7) is 4.75. The van der Waals surface area contributed by atoms with E-state index in [1.807, 2.05) is 56.3 Å². The van der Waals surface area contributed by atoms with E-state index in [0.717, 1.165) is 27.8 Å². The van der Waals surface area contributed by atoms with Crippen LogP contribution in [-0.4, -0.2) is 24.0 Å². The van der Waals surface area contributed by atoms with E-state index in [4.69, 9.17) is 4.74 Å². The summed E-state index contributed by atoms with van der Waals surface area (Å²) in [7, 11) is 0. The van der Waals surface area contributed by atoms with Crippen LogP contribution in [0, 0.1) is 13.8 Å². The predicted molar refractivity (Wildman–Crippen MR) is 103 cm³/mol. The molecule has 2 N–H and O–H groups in total. The van der Waals surface area contributed by atoms with Gasteiger partial charge in [0.1, 0.15) is 12.4 Å². The summed E-state index contributed by atoms with van der Waals surface area (Å²) >= 11 is 0. The summed E-state index contributed by atoms with van der Waals surface area (Å²) in [5, 5.41) is 3.71. The van der Waals surface area contributed by atoms with Crippen LogP contribution in [0.4, 0.5) is 0 Å². The second-order valence-corrected chi connectivity index (χ2v) is 6.31. The maximum Gasteiger partial charge on any atom is 0.252 e. The molecular formula is C21H22N2O3. The van der Waals surface area contributed by atoms with Gasteiger partial charge in [-0.2, -0.15) is 0 Å². The van der Waals surface area contributed by atoms with Crippen molar-refractivity contribution >= 4 is 16.8 Å². The Balaban J connectivity index is 1.55. The van der Waals surface area contributed by atoms with Crippen molar-refractivity contribution in [3.05, 3.63) is 75.6 Å². The van der Waals surface area contributed by atoms with Crippen LogP contribution in [0.15, 0.2) is 53.3 Å². The number of aromatic nitrogens is 1. The number of aryl methyl sites for hydroxylation is 2. The molecule has 3 aromatic rings. The number of carbonyl (C=O) groups is 1. The van der Waals surface area contributed by atoms with Gasteiger partial charge in [-0.05, 0) is 42.5 Å². The van der Waals surface area contributed by atoms with E-state index >= 15 is 0 Å². The molecule has 5 heteroatoms. The van der Waals surface area contributed by atoms with E-state index in [1.165, 1.54) is 0 Å². The normalized spacial score (nSPS) is 10.7. The zero-order valence-electron chi connectivity index (χ0n) is 15.0. The molecular weight excluding hydrogens is 328 g/mol. The molecule has 1 heterocycles. The van der Waals surface area contributed by atoms with Gasteiger partial charge in [0, 0.05) is 11.1 Å². The molecule has 0 aliphatic carbocycles. The average molecular weight is 350 g/mol. The Labute approximate surface area is 152 Å². The number of H-pyrrole nitrogens is 1. The van der Waals surface area contributed by atoms with Gasteiger partial charge in [-0.3, -0.25) is 9.59 Å². The first kappa shape index (κ1) is 17.7. The van der Waals surface area contributed by atoms with Crippen LogP contribution in [0.1, 0.15) is 16.7 Å². The van der Waals surface area contributed by atoms with Gasteiger partial charge < -0.3 is 15.0 Å². The minimum Gasteiger partial charge on any atom is -0.491 e. The summed E-state index contributed by atoms with van der Waals surface area (Å²) in [6.07, 6.45) is 0.0452. The van der Waals surface area contributed by atoms with Gasteiger partial charge in [-0.1, -0.05) is 36.4 Å². The largest absolute Gasteiger partial charge is 0.491 e. The van der Waals surface area contributed by atoms with E-state index < -0.39 is 0 Å². The van der Waals surface area contributed by atoms with E-state index in [9.17, 15) is 9.59 Å². The summed E-state index contributed by atoms with van der Waals surface area (Å²) in [4.78, 5) is 27.0. The van der Waals surface area contributed by atoms with Gasteiger partial charge in [0.2, 0.25) is 5.91 Å². The zero-order valence-corrected chi connectivity index (χ0v) is 15.0. The van der Waals surface area contributed by atoms with Gasteiger partial charge >= 0.3 is 0 Å². The van der Waals surface area contributed by atoms with Gasteiger partial charge in [0.05, 0.1) is 13.0 Å². The number of hydrogen-bond acceptors (Lipinski definition) is 3. The summed E-state index contributed by atoms with van der Waals surface area (Å²) in [5.41, 5.74) is 3.13. The van der Waals surface area contributed by atoms with E-state index in [0.29, 0.717) is 18.7 Å². The Kier molecular flexibility index (Phi) is 5.37. The quantitative estimate of drug-likeness (QED) is 0.672. The third-order valence-electron chi connectivity index (χ3n) is 4.26. The number of pyridine rings is 1. The van der Waals surface area contributed by atoms with Gasteiger partial charge in [-0.25, -0.2) is 0 Å². The molecule has 0 atom stereocenters. The van der Waals surface area contributed by atoms with Crippen molar-refractivity contribution in [3.8, 4) is 5.75 Å². The smallest absolute Gasteiger partial charge is 0.252 e. The maximum atomic E-state index is 12.1. The number of fused-ring (bicyclic) bond motifs is 1. The molecule has 0 fully saturated rings.